The zero-order valence-corrected chi connectivity index (χ0v) is 18.8. The van der Waals surface area contributed by atoms with Crippen molar-refractivity contribution in [2.75, 3.05) is 18.6 Å². The predicted molar refractivity (Wildman–Crippen MR) is 118 cm³/mol. The van der Waals surface area contributed by atoms with Crippen LogP contribution in [-0.4, -0.2) is 50.1 Å². The number of sulfone groups is 1. The van der Waals surface area contributed by atoms with E-state index in [-0.39, 0.29) is 41.5 Å². The molecular formula is C18H29IN4O3S. The molecule has 27 heavy (non-hydrogen) atoms. The Bertz CT molecular complexity index is 719. The fourth-order valence-corrected chi connectivity index (χ4v) is 5.09. The van der Waals surface area contributed by atoms with Gasteiger partial charge in [0.1, 0.15) is 6.10 Å². The molecule has 2 fully saturated rings. The highest BCUT2D eigenvalue weighted by Gasteiger charge is 2.28. The summed E-state index contributed by atoms with van der Waals surface area (Å²) in [7, 11) is -1.22. The van der Waals surface area contributed by atoms with Gasteiger partial charge in [-0.25, -0.2) is 13.4 Å². The van der Waals surface area contributed by atoms with Crippen molar-refractivity contribution in [3.63, 3.8) is 0 Å². The fourth-order valence-electron chi connectivity index (χ4n) is 3.42. The zero-order valence-electron chi connectivity index (χ0n) is 15.7. The number of aromatic nitrogens is 1. The number of nitrogens with zero attached hydrogens (tertiary/aromatic N) is 2. The summed E-state index contributed by atoms with van der Waals surface area (Å²) in [4.78, 5) is 8.56. The summed E-state index contributed by atoms with van der Waals surface area (Å²) in [5.74, 6) is 1.70. The lowest BCUT2D eigenvalue weighted by molar-refractivity contribution is 0.148. The van der Waals surface area contributed by atoms with Crippen molar-refractivity contribution in [1.29, 1.82) is 0 Å². The van der Waals surface area contributed by atoms with Crippen molar-refractivity contribution < 1.29 is 13.2 Å². The first kappa shape index (κ1) is 22.2. The number of rotatable bonds is 5. The lowest BCUT2D eigenvalue weighted by Gasteiger charge is -2.22. The van der Waals surface area contributed by atoms with Crippen molar-refractivity contribution in [2.24, 2.45) is 4.99 Å². The molecule has 0 aromatic carbocycles. The largest absolute Gasteiger partial charge is 0.474 e. The van der Waals surface area contributed by atoms with E-state index in [9.17, 15) is 8.42 Å². The van der Waals surface area contributed by atoms with Gasteiger partial charge in [0.05, 0.1) is 11.5 Å². The fraction of sp³-hybridized carbons (Fsp3) is 0.667. The Morgan fingerprint density at radius 2 is 2.04 bits per heavy atom. The van der Waals surface area contributed by atoms with Crippen LogP contribution >= 0.6 is 24.0 Å². The van der Waals surface area contributed by atoms with Crippen molar-refractivity contribution in [3.8, 4) is 5.88 Å². The molecule has 3 rings (SSSR count). The van der Waals surface area contributed by atoms with Gasteiger partial charge in [0, 0.05) is 31.9 Å². The number of hydrogen-bond acceptors (Lipinski definition) is 5. The maximum atomic E-state index is 11.5. The topological polar surface area (TPSA) is 92.7 Å². The van der Waals surface area contributed by atoms with E-state index in [4.69, 9.17) is 4.74 Å². The Kier molecular flexibility index (Phi) is 8.59. The first-order valence-corrected chi connectivity index (χ1v) is 11.2. The number of nitrogens with one attached hydrogen (secondary N) is 2. The van der Waals surface area contributed by atoms with E-state index in [0.29, 0.717) is 30.9 Å². The standard InChI is InChI=1S/C18H28N4O3S.HI/c1-19-18(22-15-9-10-26(23,24)13-15)21-12-14-7-8-17(20-11-14)25-16-5-3-2-4-6-16;/h7-8,11,15-16H,2-6,9-10,12-13H2,1H3,(H2,19,21,22);1H. The molecule has 1 saturated heterocycles. The highest BCUT2D eigenvalue weighted by atomic mass is 127. The van der Waals surface area contributed by atoms with Crippen molar-refractivity contribution in [2.45, 2.75) is 57.2 Å². The van der Waals surface area contributed by atoms with E-state index >= 15 is 0 Å². The van der Waals surface area contributed by atoms with Gasteiger partial charge in [0.2, 0.25) is 5.88 Å². The van der Waals surface area contributed by atoms with Crippen LogP contribution < -0.4 is 15.4 Å². The second-order valence-corrected chi connectivity index (χ2v) is 9.28. The second kappa shape index (κ2) is 10.4. The van der Waals surface area contributed by atoms with Crippen LogP contribution in [0.5, 0.6) is 5.88 Å². The SMILES string of the molecule is CN=C(NCc1ccc(OC2CCCCC2)nc1)NC1CCS(=O)(=O)C1.I. The average molecular weight is 508 g/mol. The van der Waals surface area contributed by atoms with E-state index in [1.165, 1.54) is 19.3 Å². The number of guanidine groups is 1. The molecule has 7 nitrogen and oxygen atoms in total. The zero-order chi connectivity index (χ0) is 18.4. The van der Waals surface area contributed by atoms with Crippen LogP contribution in [0.15, 0.2) is 23.3 Å². The Morgan fingerprint density at radius 1 is 1.26 bits per heavy atom. The Labute approximate surface area is 178 Å². The molecule has 0 amide bonds. The smallest absolute Gasteiger partial charge is 0.213 e. The Balaban J connectivity index is 0.00000261. The normalized spacial score (nSPS) is 22.7. The molecule has 1 aromatic heterocycles. The number of halogens is 1. The average Bonchev–Trinajstić information content (AvgIpc) is 2.99. The van der Waals surface area contributed by atoms with Crippen LogP contribution in [0.4, 0.5) is 0 Å². The minimum Gasteiger partial charge on any atom is -0.474 e. The minimum absolute atomic E-state index is 0. The summed E-state index contributed by atoms with van der Waals surface area (Å²) < 4.78 is 29.0. The minimum atomic E-state index is -2.90. The molecule has 1 saturated carbocycles. The van der Waals surface area contributed by atoms with E-state index in [2.05, 4.69) is 20.6 Å². The summed E-state index contributed by atoms with van der Waals surface area (Å²) in [6, 6.07) is 3.83. The Hall–Kier alpha value is -1.10. The van der Waals surface area contributed by atoms with E-state index in [1.54, 1.807) is 13.2 Å². The molecule has 2 N–H and O–H groups in total. The van der Waals surface area contributed by atoms with E-state index < -0.39 is 9.84 Å². The predicted octanol–water partition coefficient (Wildman–Crippen LogP) is 2.26. The number of aliphatic imine (C=N–C) groups is 1. The van der Waals surface area contributed by atoms with E-state index in [1.807, 2.05) is 12.1 Å². The highest BCUT2D eigenvalue weighted by Crippen LogP contribution is 2.22. The first-order valence-electron chi connectivity index (χ1n) is 9.33. The van der Waals surface area contributed by atoms with Gasteiger partial charge in [0.25, 0.3) is 0 Å². The lowest BCUT2D eigenvalue weighted by atomic mass is 9.98. The molecule has 2 heterocycles. The third-order valence-electron chi connectivity index (χ3n) is 4.89. The van der Waals surface area contributed by atoms with Crippen molar-refractivity contribution >= 4 is 39.8 Å². The van der Waals surface area contributed by atoms with Crippen molar-refractivity contribution in [1.82, 2.24) is 15.6 Å². The van der Waals surface area contributed by atoms with Gasteiger partial charge in [-0.1, -0.05) is 12.5 Å². The quantitative estimate of drug-likeness (QED) is 0.360. The summed E-state index contributed by atoms with van der Waals surface area (Å²) in [5.41, 5.74) is 1.02. The molecule has 0 bridgehead atoms. The van der Waals surface area contributed by atoms with Gasteiger partial charge < -0.3 is 15.4 Å². The van der Waals surface area contributed by atoms with Crippen LogP contribution in [0, 0.1) is 0 Å². The molecule has 1 aliphatic heterocycles. The highest BCUT2D eigenvalue weighted by molar-refractivity contribution is 14.0. The van der Waals surface area contributed by atoms with Gasteiger partial charge in [0.15, 0.2) is 15.8 Å². The molecule has 9 heteroatoms. The number of hydrogen-bond donors (Lipinski definition) is 2. The molecule has 0 radical (unpaired) electrons. The second-order valence-electron chi connectivity index (χ2n) is 7.05. The summed E-state index contributed by atoms with van der Waals surface area (Å²) >= 11 is 0. The van der Waals surface area contributed by atoms with Gasteiger partial charge in [-0.2, -0.15) is 0 Å². The van der Waals surface area contributed by atoms with E-state index in [0.717, 1.165) is 18.4 Å². The molecule has 0 spiro atoms. The molecule has 1 aliphatic carbocycles. The first-order chi connectivity index (χ1) is 12.5. The van der Waals surface area contributed by atoms with Crippen LogP contribution in [0.2, 0.25) is 0 Å². The Morgan fingerprint density at radius 3 is 2.63 bits per heavy atom. The summed E-state index contributed by atoms with van der Waals surface area (Å²) in [6.45, 7) is 0.565. The van der Waals surface area contributed by atoms with Gasteiger partial charge in [-0.3, -0.25) is 4.99 Å². The van der Waals surface area contributed by atoms with Crippen LogP contribution in [0.25, 0.3) is 0 Å². The van der Waals surface area contributed by atoms with Gasteiger partial charge in [-0.05, 0) is 37.7 Å². The lowest BCUT2D eigenvalue weighted by Crippen LogP contribution is -2.43. The molecule has 1 aromatic rings. The molecule has 1 unspecified atom stereocenters. The van der Waals surface area contributed by atoms with Gasteiger partial charge >= 0.3 is 0 Å². The monoisotopic (exact) mass is 508 g/mol. The maximum absolute atomic E-state index is 11.5. The van der Waals surface area contributed by atoms with Crippen molar-refractivity contribution in [3.05, 3.63) is 23.9 Å². The number of ether oxygens (including phenoxy) is 1. The van der Waals surface area contributed by atoms with Crippen LogP contribution in [0.3, 0.4) is 0 Å². The molecule has 1 atom stereocenters. The summed E-state index contributed by atoms with van der Waals surface area (Å²) in [6.07, 6.45) is 8.73. The van der Waals surface area contributed by atoms with Gasteiger partial charge in [-0.15, -0.1) is 24.0 Å². The van der Waals surface area contributed by atoms with Crippen LogP contribution in [-0.2, 0) is 16.4 Å². The number of pyridine rings is 1. The third kappa shape index (κ3) is 7.10. The molecule has 152 valence electrons. The van der Waals surface area contributed by atoms with Crippen LogP contribution in [0.1, 0.15) is 44.1 Å². The third-order valence-corrected chi connectivity index (χ3v) is 6.66. The maximum Gasteiger partial charge on any atom is 0.213 e. The molecular weight excluding hydrogens is 479 g/mol. The molecule has 2 aliphatic rings. The summed E-state index contributed by atoms with van der Waals surface area (Å²) in [5, 5.41) is 6.38.